The molecule has 0 fully saturated rings. The predicted molar refractivity (Wildman–Crippen MR) is 89.6 cm³/mol. The summed E-state index contributed by atoms with van der Waals surface area (Å²) >= 11 is 0. The Balaban J connectivity index is 1.80. The van der Waals surface area contributed by atoms with Crippen LogP contribution in [-0.4, -0.2) is 18.4 Å². The first kappa shape index (κ1) is 16.4. The smallest absolute Gasteiger partial charge is 0.241 e. The van der Waals surface area contributed by atoms with Crippen molar-refractivity contribution in [2.45, 2.75) is 24.8 Å². The van der Waals surface area contributed by atoms with E-state index in [9.17, 15) is 8.42 Å². The minimum Gasteiger partial charge on any atom is -0.449 e. The van der Waals surface area contributed by atoms with Crippen molar-refractivity contribution in [3.63, 3.8) is 0 Å². The molecular weight excluding hydrogens is 326 g/mol. The average Bonchev–Trinajstić information content (AvgIpc) is 3.02. The normalized spacial score (nSPS) is 12.9. The fraction of sp³-hybridized carbons (Fsp3) is 0.176. The molecular formula is C17H17N3O3S. The van der Waals surface area contributed by atoms with E-state index in [0.717, 1.165) is 5.56 Å². The van der Waals surface area contributed by atoms with Crippen molar-refractivity contribution in [2.75, 3.05) is 0 Å². The Hall–Kier alpha value is -2.51. The number of aryl methyl sites for hydroxylation is 1. The van der Waals surface area contributed by atoms with Gasteiger partial charge in [0.2, 0.25) is 10.0 Å². The first-order chi connectivity index (χ1) is 11.5. The van der Waals surface area contributed by atoms with Crippen LogP contribution < -0.4 is 4.72 Å². The minimum absolute atomic E-state index is 0.189. The molecule has 0 aliphatic carbocycles. The molecule has 0 aliphatic heterocycles. The molecule has 3 rings (SSSR count). The molecule has 0 spiro atoms. The molecule has 6 nitrogen and oxygen atoms in total. The molecule has 7 heteroatoms. The lowest BCUT2D eigenvalue weighted by Gasteiger charge is -2.13. The van der Waals surface area contributed by atoms with Crippen molar-refractivity contribution in [3.05, 3.63) is 66.5 Å². The van der Waals surface area contributed by atoms with Gasteiger partial charge in [-0.15, -0.1) is 0 Å². The van der Waals surface area contributed by atoms with Crippen molar-refractivity contribution in [3.8, 4) is 11.3 Å². The summed E-state index contributed by atoms with van der Waals surface area (Å²) in [5.41, 5.74) is 2.13. The van der Waals surface area contributed by atoms with Gasteiger partial charge in [-0.25, -0.2) is 18.1 Å². The Morgan fingerprint density at radius 2 is 1.88 bits per heavy atom. The molecule has 0 saturated carbocycles. The Bertz CT molecular complexity index is 919. The summed E-state index contributed by atoms with van der Waals surface area (Å²) in [6.45, 7) is 3.51. The van der Waals surface area contributed by atoms with Gasteiger partial charge >= 0.3 is 0 Å². The molecule has 0 aliphatic rings. The van der Waals surface area contributed by atoms with Crippen molar-refractivity contribution >= 4 is 10.0 Å². The molecule has 0 bridgehead atoms. The number of benzene rings is 1. The number of rotatable bonds is 5. The molecule has 0 amide bonds. The third-order valence-electron chi connectivity index (χ3n) is 3.54. The fourth-order valence-electron chi connectivity index (χ4n) is 2.29. The van der Waals surface area contributed by atoms with Gasteiger partial charge in [-0.3, -0.25) is 4.98 Å². The lowest BCUT2D eigenvalue weighted by molar-refractivity contribution is 0.521. The number of hydrogen-bond donors (Lipinski definition) is 1. The number of nitrogens with one attached hydrogen (secondary N) is 1. The topological polar surface area (TPSA) is 85.1 Å². The van der Waals surface area contributed by atoms with Crippen LogP contribution in [-0.2, 0) is 10.0 Å². The SMILES string of the molecule is Cc1nc(-c2ccc(S(=O)(=O)NC(C)c3ccccn3)cc2)co1. The number of nitrogens with zero attached hydrogens (tertiary/aromatic N) is 2. The van der Waals surface area contributed by atoms with Crippen molar-refractivity contribution in [1.82, 2.24) is 14.7 Å². The van der Waals surface area contributed by atoms with Gasteiger partial charge in [0.15, 0.2) is 5.89 Å². The lowest BCUT2D eigenvalue weighted by Crippen LogP contribution is -2.27. The van der Waals surface area contributed by atoms with Crippen molar-refractivity contribution < 1.29 is 12.8 Å². The van der Waals surface area contributed by atoms with E-state index in [-0.39, 0.29) is 4.90 Å². The number of hydrogen-bond acceptors (Lipinski definition) is 5. The molecule has 0 radical (unpaired) electrons. The molecule has 1 aromatic carbocycles. The zero-order chi connectivity index (χ0) is 17.2. The van der Waals surface area contributed by atoms with E-state index in [1.54, 1.807) is 62.7 Å². The van der Waals surface area contributed by atoms with Gasteiger partial charge < -0.3 is 4.42 Å². The maximum absolute atomic E-state index is 12.5. The quantitative estimate of drug-likeness (QED) is 0.769. The van der Waals surface area contributed by atoms with E-state index in [1.807, 2.05) is 6.07 Å². The Kier molecular flexibility index (Phi) is 4.46. The van der Waals surface area contributed by atoms with E-state index >= 15 is 0 Å². The van der Waals surface area contributed by atoms with Gasteiger partial charge in [-0.05, 0) is 31.2 Å². The average molecular weight is 343 g/mol. The van der Waals surface area contributed by atoms with E-state index in [0.29, 0.717) is 17.3 Å². The highest BCUT2D eigenvalue weighted by molar-refractivity contribution is 7.89. The number of aromatic nitrogens is 2. The maximum atomic E-state index is 12.5. The van der Waals surface area contributed by atoms with Gasteiger partial charge in [-0.2, -0.15) is 0 Å². The molecule has 124 valence electrons. The third kappa shape index (κ3) is 3.52. The molecule has 2 heterocycles. The Labute approximate surface area is 140 Å². The Morgan fingerprint density at radius 1 is 1.12 bits per heavy atom. The molecule has 1 atom stereocenters. The van der Waals surface area contributed by atoms with Gasteiger partial charge in [0.1, 0.15) is 12.0 Å². The van der Waals surface area contributed by atoms with Crippen LogP contribution in [0.3, 0.4) is 0 Å². The molecule has 1 unspecified atom stereocenters. The van der Waals surface area contributed by atoms with Crippen molar-refractivity contribution in [2.24, 2.45) is 0 Å². The molecule has 1 N–H and O–H groups in total. The largest absolute Gasteiger partial charge is 0.449 e. The highest BCUT2D eigenvalue weighted by Gasteiger charge is 2.19. The fourth-order valence-corrected chi connectivity index (χ4v) is 3.51. The lowest BCUT2D eigenvalue weighted by atomic mass is 10.2. The third-order valence-corrected chi connectivity index (χ3v) is 5.10. The molecule has 24 heavy (non-hydrogen) atoms. The summed E-state index contributed by atoms with van der Waals surface area (Å²) in [6, 6.07) is 11.5. The van der Waals surface area contributed by atoms with E-state index in [2.05, 4.69) is 14.7 Å². The van der Waals surface area contributed by atoms with Crippen LogP contribution in [0.2, 0.25) is 0 Å². The molecule has 2 aromatic heterocycles. The van der Waals surface area contributed by atoms with Gasteiger partial charge in [0.05, 0.1) is 16.6 Å². The number of sulfonamides is 1. The summed E-state index contributed by atoms with van der Waals surface area (Å²) in [5, 5.41) is 0. The second kappa shape index (κ2) is 6.54. The van der Waals surface area contributed by atoms with Crippen LogP contribution in [0.5, 0.6) is 0 Å². The van der Waals surface area contributed by atoms with Crippen LogP contribution in [0.15, 0.2) is 64.2 Å². The zero-order valence-electron chi connectivity index (χ0n) is 13.3. The van der Waals surface area contributed by atoms with Crippen LogP contribution >= 0.6 is 0 Å². The van der Waals surface area contributed by atoms with Crippen LogP contribution in [0.4, 0.5) is 0 Å². The highest BCUT2D eigenvalue weighted by atomic mass is 32.2. The summed E-state index contributed by atoms with van der Waals surface area (Å²) in [7, 11) is -3.64. The summed E-state index contributed by atoms with van der Waals surface area (Å²) in [4.78, 5) is 8.58. The summed E-state index contributed by atoms with van der Waals surface area (Å²) in [5.74, 6) is 0.563. The highest BCUT2D eigenvalue weighted by Crippen LogP contribution is 2.21. The zero-order valence-corrected chi connectivity index (χ0v) is 14.1. The van der Waals surface area contributed by atoms with E-state index in [4.69, 9.17) is 4.42 Å². The monoisotopic (exact) mass is 343 g/mol. The minimum atomic E-state index is -3.64. The van der Waals surface area contributed by atoms with E-state index < -0.39 is 16.1 Å². The molecule has 3 aromatic rings. The van der Waals surface area contributed by atoms with Crippen LogP contribution in [0, 0.1) is 6.92 Å². The second-order valence-electron chi connectivity index (χ2n) is 5.37. The van der Waals surface area contributed by atoms with Gasteiger partial charge in [0, 0.05) is 18.7 Å². The standard InChI is InChI=1S/C17H17N3O3S/c1-12(16-5-3-4-10-18-16)20-24(21,22)15-8-6-14(7-9-15)17-11-23-13(2)19-17/h3-12,20H,1-2H3. The number of oxazole rings is 1. The van der Waals surface area contributed by atoms with Gasteiger partial charge in [-0.1, -0.05) is 18.2 Å². The Morgan fingerprint density at radius 3 is 2.46 bits per heavy atom. The molecule has 0 saturated heterocycles. The summed E-state index contributed by atoms with van der Waals surface area (Å²) in [6.07, 6.45) is 3.18. The first-order valence-corrected chi connectivity index (χ1v) is 8.90. The van der Waals surface area contributed by atoms with Crippen LogP contribution in [0.25, 0.3) is 11.3 Å². The second-order valence-corrected chi connectivity index (χ2v) is 7.09. The van der Waals surface area contributed by atoms with Gasteiger partial charge in [0.25, 0.3) is 0 Å². The van der Waals surface area contributed by atoms with E-state index in [1.165, 1.54) is 0 Å². The predicted octanol–water partition coefficient (Wildman–Crippen LogP) is 3.08. The summed E-state index contributed by atoms with van der Waals surface area (Å²) < 4.78 is 32.8. The maximum Gasteiger partial charge on any atom is 0.241 e. The number of pyridine rings is 1. The van der Waals surface area contributed by atoms with Crippen molar-refractivity contribution in [1.29, 1.82) is 0 Å². The first-order valence-electron chi connectivity index (χ1n) is 7.41. The van der Waals surface area contributed by atoms with Crippen LogP contribution in [0.1, 0.15) is 24.6 Å².